The van der Waals surface area contributed by atoms with E-state index in [0.29, 0.717) is 5.69 Å². The molecule has 0 radical (unpaired) electrons. The first-order valence-electron chi connectivity index (χ1n) is 7.87. The third-order valence-corrected chi connectivity index (χ3v) is 4.44. The Morgan fingerprint density at radius 2 is 1.92 bits per heavy atom. The van der Waals surface area contributed by atoms with Crippen molar-refractivity contribution < 1.29 is 9.18 Å². The Kier molecular flexibility index (Phi) is 5.09. The number of carbonyl (C=O) groups excluding carboxylic acids is 1. The van der Waals surface area contributed by atoms with E-state index in [1.54, 1.807) is 30.4 Å². The van der Waals surface area contributed by atoms with E-state index >= 15 is 0 Å². The molecule has 128 valence electrons. The smallest absolute Gasteiger partial charge is 0.246 e. The molecule has 1 amide bonds. The second-order valence-corrected chi connectivity index (χ2v) is 6.76. The molecule has 2 N–H and O–H groups in total. The summed E-state index contributed by atoms with van der Waals surface area (Å²) >= 11 is 1.61. The quantitative estimate of drug-likeness (QED) is 0.698. The zero-order valence-electron chi connectivity index (χ0n) is 13.9. The molecule has 1 aromatic heterocycles. The number of thiazole rings is 1. The summed E-state index contributed by atoms with van der Waals surface area (Å²) in [5.74, 6) is -0.615. The van der Waals surface area contributed by atoms with Crippen molar-refractivity contribution in [3.05, 3.63) is 64.7 Å². The van der Waals surface area contributed by atoms with E-state index in [0.717, 1.165) is 22.0 Å². The van der Waals surface area contributed by atoms with Crippen LogP contribution in [0, 0.1) is 12.7 Å². The van der Waals surface area contributed by atoms with Crippen molar-refractivity contribution in [3.8, 4) is 11.3 Å². The van der Waals surface area contributed by atoms with Gasteiger partial charge in [0.1, 0.15) is 11.9 Å². The summed E-state index contributed by atoms with van der Waals surface area (Å²) < 4.78 is 13.2. The molecule has 0 saturated carbocycles. The number of aryl methyl sites for hydroxylation is 1. The van der Waals surface area contributed by atoms with Crippen molar-refractivity contribution in [2.75, 3.05) is 10.6 Å². The SMILES string of the molecule is Cc1nc(-c2ccc(N[C@@H](C)C(=O)Nc3cccc(F)c3)cc2)cs1. The van der Waals surface area contributed by atoms with E-state index in [-0.39, 0.29) is 11.7 Å². The molecule has 3 rings (SSSR count). The van der Waals surface area contributed by atoms with Crippen LogP contribution >= 0.6 is 11.3 Å². The summed E-state index contributed by atoms with van der Waals surface area (Å²) in [4.78, 5) is 16.7. The maximum Gasteiger partial charge on any atom is 0.246 e. The van der Waals surface area contributed by atoms with Gasteiger partial charge in [0, 0.05) is 22.3 Å². The van der Waals surface area contributed by atoms with Gasteiger partial charge in [-0.3, -0.25) is 4.79 Å². The molecule has 3 aromatic rings. The van der Waals surface area contributed by atoms with Gasteiger partial charge in [0.05, 0.1) is 10.7 Å². The lowest BCUT2D eigenvalue weighted by molar-refractivity contribution is -0.116. The lowest BCUT2D eigenvalue weighted by Crippen LogP contribution is -2.31. The van der Waals surface area contributed by atoms with Gasteiger partial charge in [0.15, 0.2) is 0 Å². The molecule has 0 unspecified atom stereocenters. The van der Waals surface area contributed by atoms with Gasteiger partial charge in [-0.1, -0.05) is 18.2 Å². The van der Waals surface area contributed by atoms with Gasteiger partial charge in [-0.2, -0.15) is 0 Å². The van der Waals surface area contributed by atoms with Gasteiger partial charge in [-0.25, -0.2) is 9.37 Å². The van der Waals surface area contributed by atoms with Crippen LogP contribution in [0.5, 0.6) is 0 Å². The number of hydrogen-bond acceptors (Lipinski definition) is 4. The number of nitrogens with zero attached hydrogens (tertiary/aromatic N) is 1. The predicted octanol–water partition coefficient (Wildman–Crippen LogP) is 4.70. The van der Waals surface area contributed by atoms with Crippen molar-refractivity contribution >= 4 is 28.6 Å². The highest BCUT2D eigenvalue weighted by atomic mass is 32.1. The third-order valence-electron chi connectivity index (χ3n) is 3.67. The monoisotopic (exact) mass is 355 g/mol. The molecule has 6 heteroatoms. The Bertz CT molecular complexity index is 876. The number of rotatable bonds is 5. The van der Waals surface area contributed by atoms with Gasteiger partial charge in [-0.15, -0.1) is 11.3 Å². The number of carbonyl (C=O) groups is 1. The summed E-state index contributed by atoms with van der Waals surface area (Å²) in [7, 11) is 0. The zero-order chi connectivity index (χ0) is 17.8. The number of hydrogen-bond donors (Lipinski definition) is 2. The molecule has 0 fully saturated rings. The summed E-state index contributed by atoms with van der Waals surface area (Å²) in [6.45, 7) is 3.73. The van der Waals surface area contributed by atoms with E-state index in [9.17, 15) is 9.18 Å². The fourth-order valence-electron chi connectivity index (χ4n) is 2.37. The van der Waals surface area contributed by atoms with Crippen LogP contribution in [0.2, 0.25) is 0 Å². The summed E-state index contributed by atoms with van der Waals surface area (Å²) in [5, 5.41) is 8.88. The molecule has 25 heavy (non-hydrogen) atoms. The lowest BCUT2D eigenvalue weighted by atomic mass is 10.1. The summed E-state index contributed by atoms with van der Waals surface area (Å²) in [6, 6.07) is 13.1. The molecule has 0 spiro atoms. The Labute approximate surface area is 149 Å². The lowest BCUT2D eigenvalue weighted by Gasteiger charge is -2.15. The topological polar surface area (TPSA) is 54.0 Å². The average Bonchev–Trinajstić information content (AvgIpc) is 3.02. The fourth-order valence-corrected chi connectivity index (χ4v) is 2.99. The molecule has 4 nitrogen and oxygen atoms in total. The van der Waals surface area contributed by atoms with E-state index in [2.05, 4.69) is 15.6 Å². The third kappa shape index (κ3) is 4.42. The van der Waals surface area contributed by atoms with E-state index in [4.69, 9.17) is 0 Å². The van der Waals surface area contributed by atoms with E-state index < -0.39 is 6.04 Å². The summed E-state index contributed by atoms with van der Waals surface area (Å²) in [5.41, 5.74) is 3.25. The molecule has 0 bridgehead atoms. The van der Waals surface area contributed by atoms with E-state index in [1.807, 2.05) is 36.6 Å². The fraction of sp³-hybridized carbons (Fsp3) is 0.158. The van der Waals surface area contributed by atoms with Crippen LogP contribution in [-0.2, 0) is 4.79 Å². The molecule has 2 aromatic carbocycles. The Hall–Kier alpha value is -2.73. The number of amides is 1. The van der Waals surface area contributed by atoms with Crippen LogP contribution in [0.15, 0.2) is 53.9 Å². The number of halogens is 1. The highest BCUT2D eigenvalue weighted by Crippen LogP contribution is 2.23. The molecule has 1 atom stereocenters. The minimum atomic E-state index is -0.462. The van der Waals surface area contributed by atoms with Crippen LogP contribution in [-0.4, -0.2) is 16.9 Å². The van der Waals surface area contributed by atoms with Crippen molar-refractivity contribution in [1.82, 2.24) is 4.98 Å². The molecule has 0 aliphatic heterocycles. The molecule has 0 aliphatic rings. The second kappa shape index (κ2) is 7.44. The van der Waals surface area contributed by atoms with Gasteiger partial charge in [-0.05, 0) is 44.2 Å². The molecule has 0 aliphatic carbocycles. The maximum absolute atomic E-state index is 13.2. The first-order chi connectivity index (χ1) is 12.0. The van der Waals surface area contributed by atoms with Crippen LogP contribution in [0.3, 0.4) is 0 Å². The number of benzene rings is 2. The second-order valence-electron chi connectivity index (χ2n) is 5.69. The summed E-state index contributed by atoms with van der Waals surface area (Å²) in [6.07, 6.45) is 0. The van der Waals surface area contributed by atoms with Crippen LogP contribution in [0.25, 0.3) is 11.3 Å². The maximum atomic E-state index is 13.2. The number of aromatic nitrogens is 1. The van der Waals surface area contributed by atoms with Crippen LogP contribution < -0.4 is 10.6 Å². The van der Waals surface area contributed by atoms with Crippen molar-refractivity contribution in [1.29, 1.82) is 0 Å². The molecule has 0 saturated heterocycles. The minimum absolute atomic E-state index is 0.232. The van der Waals surface area contributed by atoms with Gasteiger partial charge in [0.2, 0.25) is 5.91 Å². The zero-order valence-corrected chi connectivity index (χ0v) is 14.7. The first kappa shape index (κ1) is 17.1. The minimum Gasteiger partial charge on any atom is -0.374 e. The van der Waals surface area contributed by atoms with E-state index in [1.165, 1.54) is 12.1 Å². The van der Waals surface area contributed by atoms with Crippen molar-refractivity contribution in [3.63, 3.8) is 0 Å². The average molecular weight is 355 g/mol. The van der Waals surface area contributed by atoms with Crippen LogP contribution in [0.4, 0.5) is 15.8 Å². The highest BCUT2D eigenvalue weighted by molar-refractivity contribution is 7.09. The molecular formula is C19H18FN3OS. The Morgan fingerprint density at radius 1 is 1.16 bits per heavy atom. The normalized spacial score (nSPS) is 11.8. The highest BCUT2D eigenvalue weighted by Gasteiger charge is 2.13. The Balaban J connectivity index is 1.62. The van der Waals surface area contributed by atoms with Crippen LogP contribution in [0.1, 0.15) is 11.9 Å². The molecule has 1 heterocycles. The van der Waals surface area contributed by atoms with Gasteiger partial charge >= 0.3 is 0 Å². The number of anilines is 2. The first-order valence-corrected chi connectivity index (χ1v) is 8.75. The predicted molar refractivity (Wildman–Crippen MR) is 100 cm³/mol. The van der Waals surface area contributed by atoms with Gasteiger partial charge < -0.3 is 10.6 Å². The number of nitrogens with one attached hydrogen (secondary N) is 2. The van der Waals surface area contributed by atoms with Crippen molar-refractivity contribution in [2.45, 2.75) is 19.9 Å². The standard InChI is InChI=1S/C19H18FN3OS/c1-12(19(24)23-17-5-3-4-15(20)10-17)21-16-8-6-14(7-9-16)18-11-25-13(2)22-18/h3-12,21H,1-2H3,(H,23,24)/t12-/m0/s1. The largest absolute Gasteiger partial charge is 0.374 e. The molecular weight excluding hydrogens is 337 g/mol. The van der Waals surface area contributed by atoms with Gasteiger partial charge in [0.25, 0.3) is 0 Å². The van der Waals surface area contributed by atoms with Crippen molar-refractivity contribution in [2.24, 2.45) is 0 Å². The Morgan fingerprint density at radius 3 is 2.56 bits per heavy atom.